The first-order valence-corrected chi connectivity index (χ1v) is 38.5. The minimum absolute atomic E-state index is 0. The molecule has 4 aliphatic heterocycles. The molecule has 8 aromatic carbocycles. The fourth-order valence-electron chi connectivity index (χ4n) is 11.4. The summed E-state index contributed by atoms with van der Waals surface area (Å²) in [6.45, 7) is 6.88. The molecule has 4 saturated heterocycles. The standard InChI is InChI=1S/C38H43O8PS.C33H34O5S.C5H10ClO3P.Na.H/c1-28-23-29(2)45-47(39,44-28)46-37-36(42-26-32-19-11-5-12-20-32)35(41-25-31-17-9-4-10-18-31)34(27-40-24-30-15-7-3-8-16-30)43-38(37)48-33-21-13-6-14-22-33;34-30-32(37-23-27-17-9-3-10-18-27)31(36-22-26-15-7-2-8-16-26)29(24-35-21-25-13-5-1-6-14-25)38-33(30)39-28-19-11-4-12-20-28;1-4-3-5(2)9-10(6,7)8-4;;/h3-22,28-29,34-38H,23-27H2,1-2H3;1-20,29-34H,21-24H2;4-5H,3H2,1-2H3;;/q;;;+1;-1/t28-,29-,34?,35?,36?,37?,38?;;4-,5-;;/m1.1../s1. The van der Waals surface area contributed by atoms with E-state index < -0.39 is 74.5 Å². The summed E-state index contributed by atoms with van der Waals surface area (Å²) in [6.07, 6.45) is -4.73. The largest absolute Gasteiger partial charge is 1.00 e. The third-order valence-corrected chi connectivity index (χ3v) is 21.7. The minimum Gasteiger partial charge on any atom is -1.00 e. The number of hydrogen-bond acceptors (Lipinski definition) is 18. The molecular weight excluding hydrogens is 1350 g/mol. The Morgan fingerprint density at radius 2 is 0.684 bits per heavy atom. The van der Waals surface area contributed by atoms with Crippen LogP contribution in [-0.4, -0.2) is 102 Å². The molecule has 0 aliphatic carbocycles. The first kappa shape index (κ1) is 77.8. The van der Waals surface area contributed by atoms with E-state index in [1.807, 2.05) is 270 Å². The van der Waals surface area contributed by atoms with Gasteiger partial charge >= 0.3 is 44.3 Å². The average molecular weight is 1440 g/mol. The van der Waals surface area contributed by atoms with Gasteiger partial charge in [0.2, 0.25) is 0 Å². The molecule has 8 aromatic rings. The Balaban J connectivity index is 0.000000220. The number of phosphoric ester groups is 1. The van der Waals surface area contributed by atoms with Crippen LogP contribution in [0.3, 0.4) is 0 Å². The van der Waals surface area contributed by atoms with Gasteiger partial charge in [0.25, 0.3) is 0 Å². The topological polar surface area (TPSA) is 174 Å². The van der Waals surface area contributed by atoms with Gasteiger partial charge < -0.3 is 44.4 Å². The van der Waals surface area contributed by atoms with Gasteiger partial charge in [0.1, 0.15) is 59.7 Å². The number of ether oxygens (including phenoxy) is 8. The second-order valence-corrected chi connectivity index (χ2v) is 30.5. The average Bonchev–Trinajstić information content (AvgIpc) is 0.774. The van der Waals surface area contributed by atoms with Crippen LogP contribution in [0.5, 0.6) is 0 Å². The van der Waals surface area contributed by atoms with Gasteiger partial charge in [0.05, 0.1) is 77.3 Å². The van der Waals surface area contributed by atoms with Gasteiger partial charge in [-0.25, -0.2) is 9.13 Å². The molecule has 10 unspecified atom stereocenters. The molecule has 4 fully saturated rings. The Hall–Kier alpha value is -4.35. The number of halogens is 1. The van der Waals surface area contributed by atoms with Crippen LogP contribution < -0.4 is 29.6 Å². The first-order valence-electron chi connectivity index (χ1n) is 32.8. The number of aliphatic hydroxyl groups excluding tert-OH is 1. The molecule has 518 valence electrons. The Morgan fingerprint density at radius 3 is 1.04 bits per heavy atom. The van der Waals surface area contributed by atoms with Crippen molar-refractivity contribution in [3.8, 4) is 0 Å². The van der Waals surface area contributed by atoms with Crippen molar-refractivity contribution in [3.05, 3.63) is 276 Å². The third-order valence-electron chi connectivity index (χ3n) is 15.9. The fourth-order valence-corrected chi connectivity index (χ4v) is 17.3. The number of hydrogen-bond donors (Lipinski definition) is 1. The van der Waals surface area contributed by atoms with E-state index in [1.54, 1.807) is 0 Å². The van der Waals surface area contributed by atoms with Gasteiger partial charge in [0.15, 0.2) is 0 Å². The van der Waals surface area contributed by atoms with Crippen molar-refractivity contribution < 1.29 is 106 Å². The molecule has 0 radical (unpaired) electrons. The maximum atomic E-state index is 14.2. The third kappa shape index (κ3) is 25.3. The van der Waals surface area contributed by atoms with Gasteiger partial charge in [0, 0.05) is 33.9 Å². The summed E-state index contributed by atoms with van der Waals surface area (Å²) >= 11 is 8.32. The van der Waals surface area contributed by atoms with Crippen molar-refractivity contribution in [2.24, 2.45) is 0 Å². The molecule has 4 heterocycles. The number of thioether (sulfide) groups is 2. The fraction of sp³-hybridized carbons (Fsp3) is 0.368. The molecule has 0 saturated carbocycles. The van der Waals surface area contributed by atoms with Gasteiger partial charge in [-0.15, -0.1) is 0 Å². The molecule has 0 aromatic heterocycles. The molecule has 14 atom stereocenters. The van der Waals surface area contributed by atoms with Gasteiger partial charge in [-0.05, 0) is 85.3 Å². The summed E-state index contributed by atoms with van der Waals surface area (Å²) in [7, 11) is -4.01. The van der Waals surface area contributed by atoms with Crippen LogP contribution in [0.1, 0.15) is 75.3 Å². The maximum absolute atomic E-state index is 14.2. The van der Waals surface area contributed by atoms with Crippen LogP contribution in [0, 0.1) is 0 Å². The first-order chi connectivity index (χ1) is 47.2. The van der Waals surface area contributed by atoms with E-state index in [0.717, 1.165) is 49.6 Å². The second-order valence-electron chi connectivity index (χ2n) is 24.1. The Bertz CT molecular complexity index is 3580. The van der Waals surface area contributed by atoms with Gasteiger partial charge in [-0.3, -0.25) is 22.6 Å². The minimum atomic E-state index is -4.01. The quantitative estimate of drug-likeness (QED) is 0.0400. The molecule has 22 heteroatoms. The van der Waals surface area contributed by atoms with Gasteiger partial charge in [-0.1, -0.05) is 242 Å². The predicted molar refractivity (Wildman–Crippen MR) is 379 cm³/mol. The number of phosphoric acid groups is 1. The van der Waals surface area contributed by atoms with Crippen LogP contribution >= 0.6 is 49.5 Å². The summed E-state index contributed by atoms with van der Waals surface area (Å²) in [5, 5.41) is 11.6. The Labute approximate surface area is 614 Å². The maximum Gasteiger partial charge on any atom is 1.00 e. The van der Waals surface area contributed by atoms with E-state index in [1.165, 1.54) is 23.5 Å². The molecule has 98 heavy (non-hydrogen) atoms. The molecule has 4 aliphatic rings. The van der Waals surface area contributed by atoms with Crippen LogP contribution in [0.4, 0.5) is 0 Å². The molecule has 1 N–H and O–H groups in total. The van der Waals surface area contributed by atoms with Crippen LogP contribution in [0.25, 0.3) is 0 Å². The summed E-state index contributed by atoms with van der Waals surface area (Å²) in [6, 6.07) is 79.8. The zero-order valence-electron chi connectivity index (χ0n) is 56.9. The zero-order valence-corrected chi connectivity index (χ0v) is 62.1. The molecule has 16 nitrogen and oxygen atoms in total. The van der Waals surface area contributed by atoms with Crippen molar-refractivity contribution in [2.75, 3.05) is 13.2 Å². The van der Waals surface area contributed by atoms with E-state index in [4.69, 9.17) is 71.8 Å². The van der Waals surface area contributed by atoms with Crippen molar-refractivity contribution in [3.63, 3.8) is 0 Å². The van der Waals surface area contributed by atoms with Gasteiger partial charge in [-0.2, -0.15) is 0 Å². The zero-order chi connectivity index (χ0) is 67.7. The molecule has 0 spiro atoms. The molecule has 12 rings (SSSR count). The normalized spacial score (nSPS) is 28.3. The molecular formula is C76H88ClNaO16P2S2. The monoisotopic (exact) mass is 1440 g/mol. The number of aliphatic hydroxyl groups is 1. The molecule has 0 bridgehead atoms. The second kappa shape index (κ2) is 40.5. The summed E-state index contributed by atoms with van der Waals surface area (Å²) < 4.78 is 105. The SMILES string of the molecule is C[C@@H]1C[C@@H](C)OP(=O)(Cl)O1.C[C@@H]1C[C@@H](C)OP(=O)(OC2C(Sc3ccccc3)OC(COCc3ccccc3)C(OCc3ccccc3)C2OCc2ccccc2)O1.OC1C(Sc2ccccc2)OC(COCc2ccccc2)C(OCc2ccccc2)C1OCc1ccccc1.[H-].[Na+]. The Morgan fingerprint density at radius 1 is 0.398 bits per heavy atom. The predicted octanol–water partition coefficient (Wildman–Crippen LogP) is 14.5. The van der Waals surface area contributed by atoms with Crippen molar-refractivity contribution >= 4 is 49.5 Å². The Kier molecular flexibility index (Phi) is 32.1. The summed E-state index contributed by atoms with van der Waals surface area (Å²) in [4.78, 5) is 1.96. The summed E-state index contributed by atoms with van der Waals surface area (Å²) in [5.41, 5.74) is 4.97. The van der Waals surface area contributed by atoms with Crippen LogP contribution in [0.2, 0.25) is 0 Å². The van der Waals surface area contributed by atoms with E-state index in [0.29, 0.717) is 46.1 Å². The number of benzene rings is 8. The van der Waals surface area contributed by atoms with E-state index >= 15 is 0 Å². The smallest absolute Gasteiger partial charge is 1.00 e. The van der Waals surface area contributed by atoms with E-state index in [2.05, 4.69) is 0 Å². The number of rotatable bonds is 26. The summed E-state index contributed by atoms with van der Waals surface area (Å²) in [5.74, 6) is 0. The van der Waals surface area contributed by atoms with Crippen LogP contribution in [-0.2, 0) is 109 Å². The van der Waals surface area contributed by atoms with E-state index in [9.17, 15) is 14.2 Å². The van der Waals surface area contributed by atoms with Crippen molar-refractivity contribution in [1.82, 2.24) is 0 Å². The van der Waals surface area contributed by atoms with Crippen molar-refractivity contribution in [2.45, 2.75) is 174 Å². The molecule has 0 amide bonds. The van der Waals surface area contributed by atoms with Crippen LogP contribution in [0.15, 0.2) is 252 Å². The van der Waals surface area contributed by atoms with E-state index in [-0.39, 0.29) is 68.6 Å². The van der Waals surface area contributed by atoms with Crippen molar-refractivity contribution in [1.29, 1.82) is 0 Å².